The first kappa shape index (κ1) is 24.4. The van der Waals surface area contributed by atoms with Crippen LogP contribution in [0.3, 0.4) is 0 Å². The highest BCUT2D eigenvalue weighted by molar-refractivity contribution is 5.95. The number of carbonyl (C=O) groups is 2. The summed E-state index contributed by atoms with van der Waals surface area (Å²) in [5.74, 6) is 0.684. The normalized spacial score (nSPS) is 10.9. The van der Waals surface area contributed by atoms with Gasteiger partial charge in [0.25, 0.3) is 0 Å². The van der Waals surface area contributed by atoms with E-state index in [4.69, 9.17) is 23.7 Å². The van der Waals surface area contributed by atoms with Crippen LogP contribution in [0.25, 0.3) is 11.6 Å². The lowest BCUT2D eigenvalue weighted by atomic mass is 9.94. The van der Waals surface area contributed by atoms with E-state index >= 15 is 0 Å². The summed E-state index contributed by atoms with van der Waals surface area (Å²) in [5, 5.41) is 0. The van der Waals surface area contributed by atoms with Crippen molar-refractivity contribution in [2.24, 2.45) is 0 Å². The minimum Gasteiger partial charge on any atom is -0.493 e. The SMILES string of the molecule is COC(=O)c1ccc(/C=C(\c2ccc(C(=O)OC)cc2)c2cc(OC)c(OC)c(OC)c2)cc1. The number of benzene rings is 3. The maximum atomic E-state index is 11.9. The first-order valence-electron chi connectivity index (χ1n) is 10.3. The van der Waals surface area contributed by atoms with Crippen molar-refractivity contribution in [1.29, 1.82) is 0 Å². The molecule has 0 saturated heterocycles. The Balaban J connectivity index is 2.17. The number of ether oxygens (including phenoxy) is 5. The third kappa shape index (κ3) is 5.20. The average molecular weight is 462 g/mol. The molecule has 0 aliphatic heterocycles. The fraction of sp³-hybridized carbons (Fsp3) is 0.185. The summed E-state index contributed by atoms with van der Waals surface area (Å²) in [5.41, 5.74) is 4.24. The molecule has 0 amide bonds. The summed E-state index contributed by atoms with van der Waals surface area (Å²) in [7, 11) is 7.35. The van der Waals surface area contributed by atoms with Gasteiger partial charge in [-0.05, 0) is 64.7 Å². The second kappa shape index (κ2) is 11.0. The van der Waals surface area contributed by atoms with Crippen LogP contribution in [0.5, 0.6) is 17.2 Å². The van der Waals surface area contributed by atoms with Crippen molar-refractivity contribution in [2.45, 2.75) is 0 Å². The van der Waals surface area contributed by atoms with E-state index in [-0.39, 0.29) is 0 Å². The molecule has 3 rings (SSSR count). The zero-order chi connectivity index (χ0) is 24.7. The van der Waals surface area contributed by atoms with E-state index in [0.29, 0.717) is 28.4 Å². The van der Waals surface area contributed by atoms with Crippen LogP contribution in [0.1, 0.15) is 37.4 Å². The van der Waals surface area contributed by atoms with Gasteiger partial charge in [0.1, 0.15) is 0 Å². The summed E-state index contributed by atoms with van der Waals surface area (Å²) < 4.78 is 26.1. The van der Waals surface area contributed by atoms with Crippen LogP contribution in [0, 0.1) is 0 Å². The quantitative estimate of drug-likeness (QED) is 0.349. The summed E-state index contributed by atoms with van der Waals surface area (Å²) in [6.07, 6.45) is 1.97. The molecule has 0 unspecified atom stereocenters. The summed E-state index contributed by atoms with van der Waals surface area (Å²) in [4.78, 5) is 23.7. The van der Waals surface area contributed by atoms with Gasteiger partial charge in [0.05, 0.1) is 46.7 Å². The zero-order valence-corrected chi connectivity index (χ0v) is 19.7. The Labute approximate surface area is 198 Å². The molecule has 0 aliphatic rings. The Morgan fingerprint density at radius 2 is 1.03 bits per heavy atom. The number of methoxy groups -OCH3 is 5. The number of esters is 2. The van der Waals surface area contributed by atoms with Crippen LogP contribution in [0.15, 0.2) is 60.7 Å². The van der Waals surface area contributed by atoms with Crippen LogP contribution >= 0.6 is 0 Å². The van der Waals surface area contributed by atoms with E-state index in [1.165, 1.54) is 14.2 Å². The Morgan fingerprint density at radius 1 is 0.588 bits per heavy atom. The lowest BCUT2D eigenvalue weighted by Gasteiger charge is -2.16. The molecule has 0 fully saturated rings. The monoisotopic (exact) mass is 462 g/mol. The minimum atomic E-state index is -0.414. The van der Waals surface area contributed by atoms with Crippen molar-refractivity contribution in [2.75, 3.05) is 35.5 Å². The molecule has 7 heteroatoms. The molecule has 3 aromatic carbocycles. The van der Waals surface area contributed by atoms with Crippen molar-refractivity contribution in [3.8, 4) is 17.2 Å². The molecule has 0 bridgehead atoms. The lowest BCUT2D eigenvalue weighted by Crippen LogP contribution is -2.01. The molecule has 0 saturated carbocycles. The fourth-order valence-electron chi connectivity index (χ4n) is 3.47. The molecule has 0 aliphatic carbocycles. The van der Waals surface area contributed by atoms with Gasteiger partial charge in [0.2, 0.25) is 5.75 Å². The van der Waals surface area contributed by atoms with Gasteiger partial charge in [-0.1, -0.05) is 24.3 Å². The van der Waals surface area contributed by atoms with Crippen molar-refractivity contribution >= 4 is 23.6 Å². The predicted octanol–water partition coefficient (Wildman–Crippen LogP) is 4.87. The molecule has 0 atom stereocenters. The molecule has 0 N–H and O–H groups in total. The molecule has 34 heavy (non-hydrogen) atoms. The smallest absolute Gasteiger partial charge is 0.337 e. The van der Waals surface area contributed by atoms with Crippen molar-refractivity contribution < 1.29 is 33.3 Å². The third-order valence-corrected chi connectivity index (χ3v) is 5.24. The number of hydrogen-bond acceptors (Lipinski definition) is 7. The second-order valence-corrected chi connectivity index (χ2v) is 7.15. The highest BCUT2D eigenvalue weighted by Gasteiger charge is 2.17. The lowest BCUT2D eigenvalue weighted by molar-refractivity contribution is 0.0592. The van der Waals surface area contributed by atoms with Crippen LogP contribution in [-0.2, 0) is 9.47 Å². The molecular formula is C27H26O7. The molecule has 0 spiro atoms. The molecule has 0 aromatic heterocycles. The van der Waals surface area contributed by atoms with Crippen molar-refractivity contribution in [3.05, 3.63) is 88.5 Å². The van der Waals surface area contributed by atoms with Gasteiger partial charge in [-0.3, -0.25) is 0 Å². The van der Waals surface area contributed by atoms with E-state index in [9.17, 15) is 9.59 Å². The second-order valence-electron chi connectivity index (χ2n) is 7.15. The van der Waals surface area contributed by atoms with Gasteiger partial charge < -0.3 is 23.7 Å². The van der Waals surface area contributed by atoms with Crippen LogP contribution in [0.2, 0.25) is 0 Å². The Kier molecular flexibility index (Phi) is 7.92. The van der Waals surface area contributed by atoms with Crippen molar-refractivity contribution in [1.82, 2.24) is 0 Å². The van der Waals surface area contributed by atoms with Crippen LogP contribution < -0.4 is 14.2 Å². The summed E-state index contributed by atoms with van der Waals surface area (Å²) >= 11 is 0. The minimum absolute atomic E-state index is 0.404. The summed E-state index contributed by atoms with van der Waals surface area (Å²) in [6, 6.07) is 17.8. The third-order valence-electron chi connectivity index (χ3n) is 5.24. The fourth-order valence-corrected chi connectivity index (χ4v) is 3.47. The average Bonchev–Trinajstić information content (AvgIpc) is 2.90. The van der Waals surface area contributed by atoms with E-state index in [1.807, 2.05) is 42.5 Å². The van der Waals surface area contributed by atoms with Gasteiger partial charge in [0.15, 0.2) is 11.5 Å². The molecular weight excluding hydrogens is 436 g/mol. The number of carbonyl (C=O) groups excluding carboxylic acids is 2. The highest BCUT2D eigenvalue weighted by Crippen LogP contribution is 2.41. The van der Waals surface area contributed by atoms with E-state index in [0.717, 1.165) is 22.3 Å². The Morgan fingerprint density at radius 3 is 1.44 bits per heavy atom. The standard InChI is InChI=1S/C27H26O7/c1-30-23-15-21(16-24(31-2)25(23)32-3)22(18-10-12-20(13-11-18)27(29)34-5)14-17-6-8-19(9-7-17)26(28)33-4/h6-16H,1-5H3/b22-14+. The largest absolute Gasteiger partial charge is 0.493 e. The molecule has 0 heterocycles. The highest BCUT2D eigenvalue weighted by atomic mass is 16.5. The maximum Gasteiger partial charge on any atom is 0.337 e. The number of rotatable bonds is 8. The molecule has 0 radical (unpaired) electrons. The van der Waals surface area contributed by atoms with Gasteiger partial charge in [-0.2, -0.15) is 0 Å². The van der Waals surface area contributed by atoms with Gasteiger partial charge >= 0.3 is 11.9 Å². The first-order chi connectivity index (χ1) is 16.4. The molecule has 176 valence electrons. The predicted molar refractivity (Wildman–Crippen MR) is 129 cm³/mol. The van der Waals surface area contributed by atoms with Crippen molar-refractivity contribution in [3.63, 3.8) is 0 Å². The van der Waals surface area contributed by atoms with Gasteiger partial charge in [-0.25, -0.2) is 9.59 Å². The van der Waals surface area contributed by atoms with Gasteiger partial charge in [0, 0.05) is 0 Å². The Hall–Kier alpha value is -4.26. The van der Waals surface area contributed by atoms with E-state index in [2.05, 4.69) is 0 Å². The maximum absolute atomic E-state index is 11.9. The van der Waals surface area contributed by atoms with E-state index in [1.54, 1.807) is 45.6 Å². The topological polar surface area (TPSA) is 80.3 Å². The molecule has 7 nitrogen and oxygen atoms in total. The van der Waals surface area contributed by atoms with E-state index < -0.39 is 11.9 Å². The molecule has 3 aromatic rings. The zero-order valence-electron chi connectivity index (χ0n) is 19.7. The van der Waals surface area contributed by atoms with Crippen LogP contribution in [-0.4, -0.2) is 47.5 Å². The number of hydrogen-bond donors (Lipinski definition) is 0. The first-order valence-corrected chi connectivity index (χ1v) is 10.3. The Bertz CT molecular complexity index is 1170. The summed E-state index contributed by atoms with van der Waals surface area (Å²) in [6.45, 7) is 0. The van der Waals surface area contributed by atoms with Gasteiger partial charge in [-0.15, -0.1) is 0 Å². The van der Waals surface area contributed by atoms with Crippen LogP contribution in [0.4, 0.5) is 0 Å².